The second kappa shape index (κ2) is 7.35. The molecular formula is C13H21NO4S. The van der Waals surface area contributed by atoms with Gasteiger partial charge >= 0.3 is 0 Å². The van der Waals surface area contributed by atoms with Gasteiger partial charge in [0.15, 0.2) is 0 Å². The highest BCUT2D eigenvalue weighted by Gasteiger charge is 2.03. The topological polar surface area (TPSA) is 64.6 Å². The van der Waals surface area contributed by atoms with E-state index in [1.54, 1.807) is 14.2 Å². The van der Waals surface area contributed by atoms with Crippen LogP contribution in [0.25, 0.3) is 0 Å². The van der Waals surface area contributed by atoms with E-state index in [1.807, 2.05) is 18.2 Å². The van der Waals surface area contributed by atoms with Gasteiger partial charge in [-0.25, -0.2) is 8.42 Å². The van der Waals surface area contributed by atoms with Crippen LogP contribution in [0.4, 0.5) is 0 Å². The van der Waals surface area contributed by atoms with Gasteiger partial charge in [-0.1, -0.05) is 0 Å². The lowest BCUT2D eigenvalue weighted by molar-refractivity contribution is 0.393. The third-order valence-corrected chi connectivity index (χ3v) is 3.64. The van der Waals surface area contributed by atoms with E-state index in [1.165, 1.54) is 6.26 Å². The molecule has 1 aromatic carbocycles. The predicted octanol–water partition coefficient (Wildman–Crippen LogP) is 1.23. The lowest BCUT2D eigenvalue weighted by Crippen LogP contribution is -2.17. The fraction of sp³-hybridized carbons (Fsp3) is 0.538. The van der Waals surface area contributed by atoms with Crippen LogP contribution in [-0.4, -0.2) is 41.2 Å². The molecule has 0 aromatic heterocycles. The second-order valence-corrected chi connectivity index (χ2v) is 6.64. The van der Waals surface area contributed by atoms with E-state index in [9.17, 15) is 8.42 Å². The molecule has 6 heteroatoms. The second-order valence-electron chi connectivity index (χ2n) is 4.38. The van der Waals surface area contributed by atoms with Crippen molar-refractivity contribution in [1.29, 1.82) is 0 Å². The Hall–Kier alpha value is -1.27. The van der Waals surface area contributed by atoms with E-state index < -0.39 is 9.84 Å². The zero-order valence-corrected chi connectivity index (χ0v) is 12.4. The van der Waals surface area contributed by atoms with Gasteiger partial charge in [-0.15, -0.1) is 0 Å². The molecule has 0 heterocycles. The van der Waals surface area contributed by atoms with Crippen LogP contribution in [0.15, 0.2) is 18.2 Å². The molecule has 108 valence electrons. The van der Waals surface area contributed by atoms with Crippen molar-refractivity contribution in [3.05, 3.63) is 23.8 Å². The summed E-state index contributed by atoms with van der Waals surface area (Å²) in [6, 6.07) is 5.66. The third-order valence-electron chi connectivity index (χ3n) is 2.61. The average Bonchev–Trinajstić information content (AvgIpc) is 2.36. The molecule has 0 bridgehead atoms. The molecule has 0 aliphatic rings. The number of sulfone groups is 1. The van der Waals surface area contributed by atoms with Crippen molar-refractivity contribution in [1.82, 2.24) is 5.32 Å². The van der Waals surface area contributed by atoms with Crippen molar-refractivity contribution < 1.29 is 17.9 Å². The average molecular weight is 287 g/mol. The number of methoxy groups -OCH3 is 2. The van der Waals surface area contributed by atoms with Gasteiger partial charge in [0.2, 0.25) is 0 Å². The van der Waals surface area contributed by atoms with Crippen molar-refractivity contribution in [2.24, 2.45) is 0 Å². The minimum atomic E-state index is -2.87. The summed E-state index contributed by atoms with van der Waals surface area (Å²) in [5.74, 6) is 1.70. The Morgan fingerprint density at radius 3 is 2.16 bits per heavy atom. The summed E-state index contributed by atoms with van der Waals surface area (Å²) in [7, 11) is 0.348. The zero-order chi connectivity index (χ0) is 14.3. The summed E-state index contributed by atoms with van der Waals surface area (Å²) in [4.78, 5) is 0. The number of ether oxygens (including phenoxy) is 2. The Morgan fingerprint density at radius 1 is 1.11 bits per heavy atom. The number of hydrogen-bond acceptors (Lipinski definition) is 5. The molecule has 1 rings (SSSR count). The number of hydrogen-bond donors (Lipinski definition) is 1. The maximum atomic E-state index is 11.0. The molecule has 1 N–H and O–H groups in total. The van der Waals surface area contributed by atoms with Gasteiger partial charge in [0.25, 0.3) is 0 Å². The molecule has 0 saturated carbocycles. The molecule has 19 heavy (non-hydrogen) atoms. The SMILES string of the molecule is COc1cc(CNCCCS(C)(=O)=O)cc(OC)c1. The maximum Gasteiger partial charge on any atom is 0.147 e. The first-order valence-electron chi connectivity index (χ1n) is 6.05. The minimum Gasteiger partial charge on any atom is -0.497 e. The lowest BCUT2D eigenvalue weighted by Gasteiger charge is -2.09. The maximum absolute atomic E-state index is 11.0. The van der Waals surface area contributed by atoms with Gasteiger partial charge in [0.05, 0.1) is 20.0 Å². The van der Waals surface area contributed by atoms with Gasteiger partial charge in [-0.3, -0.25) is 0 Å². The quantitative estimate of drug-likeness (QED) is 0.729. The van der Waals surface area contributed by atoms with E-state index in [0.29, 0.717) is 19.5 Å². The number of rotatable bonds is 8. The van der Waals surface area contributed by atoms with E-state index in [4.69, 9.17) is 9.47 Å². The van der Waals surface area contributed by atoms with E-state index in [0.717, 1.165) is 17.1 Å². The molecule has 0 aliphatic heterocycles. The lowest BCUT2D eigenvalue weighted by atomic mass is 10.2. The van der Waals surface area contributed by atoms with Crippen LogP contribution >= 0.6 is 0 Å². The largest absolute Gasteiger partial charge is 0.497 e. The number of benzene rings is 1. The van der Waals surface area contributed by atoms with Gasteiger partial charge < -0.3 is 14.8 Å². The van der Waals surface area contributed by atoms with Crippen LogP contribution in [0.3, 0.4) is 0 Å². The predicted molar refractivity (Wildman–Crippen MR) is 75.6 cm³/mol. The molecule has 0 spiro atoms. The van der Waals surface area contributed by atoms with Gasteiger partial charge in [-0.2, -0.15) is 0 Å². The van der Waals surface area contributed by atoms with Crippen LogP contribution in [0.5, 0.6) is 11.5 Å². The van der Waals surface area contributed by atoms with E-state index >= 15 is 0 Å². The summed E-state index contributed by atoms with van der Waals surface area (Å²) < 4.78 is 32.3. The molecule has 1 aromatic rings. The summed E-state index contributed by atoms with van der Waals surface area (Å²) in [5, 5.41) is 3.20. The molecule has 0 unspecified atom stereocenters. The van der Waals surface area contributed by atoms with Crippen LogP contribution < -0.4 is 14.8 Å². The smallest absolute Gasteiger partial charge is 0.147 e. The van der Waals surface area contributed by atoms with Crippen molar-refractivity contribution >= 4 is 9.84 Å². The highest BCUT2D eigenvalue weighted by molar-refractivity contribution is 7.90. The van der Waals surface area contributed by atoms with Crippen LogP contribution in [-0.2, 0) is 16.4 Å². The highest BCUT2D eigenvalue weighted by atomic mass is 32.2. The van der Waals surface area contributed by atoms with Gasteiger partial charge in [0, 0.05) is 18.9 Å². The summed E-state index contributed by atoms with van der Waals surface area (Å²) in [6.07, 6.45) is 1.86. The highest BCUT2D eigenvalue weighted by Crippen LogP contribution is 2.22. The molecule has 0 radical (unpaired) electrons. The fourth-order valence-corrected chi connectivity index (χ4v) is 2.33. The van der Waals surface area contributed by atoms with Crippen LogP contribution in [0.1, 0.15) is 12.0 Å². The molecule has 0 amide bonds. The Bertz CT molecular complexity index is 477. The normalized spacial score (nSPS) is 11.3. The van der Waals surface area contributed by atoms with Crippen molar-refractivity contribution in [2.45, 2.75) is 13.0 Å². The number of nitrogens with one attached hydrogen (secondary N) is 1. The monoisotopic (exact) mass is 287 g/mol. The van der Waals surface area contributed by atoms with Crippen LogP contribution in [0.2, 0.25) is 0 Å². The molecular weight excluding hydrogens is 266 g/mol. The molecule has 5 nitrogen and oxygen atoms in total. The first-order valence-corrected chi connectivity index (χ1v) is 8.11. The molecule has 0 saturated heterocycles. The fourth-order valence-electron chi connectivity index (χ4n) is 1.66. The van der Waals surface area contributed by atoms with Crippen molar-refractivity contribution in [2.75, 3.05) is 32.8 Å². The van der Waals surface area contributed by atoms with E-state index in [2.05, 4.69) is 5.32 Å². The van der Waals surface area contributed by atoms with Crippen molar-refractivity contribution in [3.63, 3.8) is 0 Å². The Morgan fingerprint density at radius 2 is 1.68 bits per heavy atom. The summed E-state index contributed by atoms with van der Waals surface area (Å²) in [5.41, 5.74) is 1.04. The van der Waals surface area contributed by atoms with Gasteiger partial charge in [0.1, 0.15) is 21.3 Å². The summed E-state index contributed by atoms with van der Waals surface area (Å²) >= 11 is 0. The first kappa shape index (κ1) is 15.8. The Balaban J connectivity index is 2.44. The van der Waals surface area contributed by atoms with Crippen molar-refractivity contribution in [3.8, 4) is 11.5 Å². The first-order chi connectivity index (χ1) is 8.94. The standard InChI is InChI=1S/C13H21NO4S/c1-17-12-7-11(8-13(9-12)18-2)10-14-5-4-6-19(3,15)16/h7-9,14H,4-6,10H2,1-3H3. The molecule has 0 atom stereocenters. The zero-order valence-electron chi connectivity index (χ0n) is 11.6. The van der Waals surface area contributed by atoms with Gasteiger partial charge in [-0.05, 0) is 30.7 Å². The van der Waals surface area contributed by atoms with E-state index in [-0.39, 0.29) is 5.75 Å². The minimum absolute atomic E-state index is 0.210. The van der Waals surface area contributed by atoms with Crippen LogP contribution in [0, 0.1) is 0 Å². The summed E-state index contributed by atoms with van der Waals surface area (Å²) in [6.45, 7) is 1.31. The molecule has 0 fully saturated rings. The Kier molecular flexibility index (Phi) is 6.11. The molecule has 0 aliphatic carbocycles. The third kappa shape index (κ3) is 6.45. The Labute approximate surface area is 114 Å².